The Morgan fingerprint density at radius 3 is 2.04 bits per heavy atom. The van der Waals surface area contributed by atoms with E-state index in [1.807, 2.05) is 20.0 Å². The van der Waals surface area contributed by atoms with Gasteiger partial charge >= 0.3 is 0 Å². The molecule has 2 heterocycles. The highest BCUT2D eigenvalue weighted by Gasteiger charge is 2.16. The molecule has 3 aromatic carbocycles. The number of aromatic nitrogens is 2. The number of nitrogens with zero attached hydrogens (tertiary/aromatic N) is 2. The largest absolute Gasteiger partial charge is 0.258 e. The van der Waals surface area contributed by atoms with Crippen molar-refractivity contribution in [3.63, 3.8) is 0 Å². The molecule has 0 aliphatic heterocycles. The van der Waals surface area contributed by atoms with Gasteiger partial charge < -0.3 is 0 Å². The van der Waals surface area contributed by atoms with Gasteiger partial charge in [0.2, 0.25) is 0 Å². The zero-order valence-corrected chi connectivity index (χ0v) is 16.0. The van der Waals surface area contributed by atoms with Crippen LogP contribution in [0.3, 0.4) is 0 Å². The molecular formula is C26H20N2. The fourth-order valence-electron chi connectivity index (χ4n) is 4.08. The van der Waals surface area contributed by atoms with Crippen molar-refractivity contribution in [1.29, 1.82) is 0 Å². The maximum absolute atomic E-state index is 4.84. The summed E-state index contributed by atoms with van der Waals surface area (Å²) in [6.07, 6.45) is 1.91. The first kappa shape index (κ1) is 16.6. The highest BCUT2D eigenvalue weighted by molar-refractivity contribution is 6.09. The topological polar surface area (TPSA) is 25.8 Å². The first-order valence-electron chi connectivity index (χ1n) is 9.52. The highest BCUT2D eigenvalue weighted by atomic mass is 14.7. The Balaban J connectivity index is 1.93. The van der Waals surface area contributed by atoms with Crippen molar-refractivity contribution in [1.82, 2.24) is 9.97 Å². The van der Waals surface area contributed by atoms with E-state index in [9.17, 15) is 0 Å². The molecule has 134 valence electrons. The van der Waals surface area contributed by atoms with Gasteiger partial charge in [-0.25, -0.2) is 0 Å². The van der Waals surface area contributed by atoms with Gasteiger partial charge in [0.15, 0.2) is 0 Å². The summed E-state index contributed by atoms with van der Waals surface area (Å²) in [7, 11) is 0. The van der Waals surface area contributed by atoms with Gasteiger partial charge in [-0.3, -0.25) is 9.97 Å². The van der Waals surface area contributed by atoms with Crippen LogP contribution in [0.25, 0.3) is 43.9 Å². The molecule has 0 spiro atoms. The van der Waals surface area contributed by atoms with Crippen molar-refractivity contribution in [2.45, 2.75) is 13.8 Å². The monoisotopic (exact) mass is 360 g/mol. The first-order valence-corrected chi connectivity index (χ1v) is 9.52. The Hall–Kier alpha value is -3.52. The number of aryl methyl sites for hydroxylation is 2. The van der Waals surface area contributed by atoms with Gasteiger partial charge in [0.05, 0.1) is 5.69 Å². The Bertz CT molecular complexity index is 1310. The molecule has 0 aliphatic carbocycles. The minimum Gasteiger partial charge on any atom is -0.258 e. The van der Waals surface area contributed by atoms with E-state index in [4.69, 9.17) is 4.98 Å². The smallest absolute Gasteiger partial charge is 0.0792 e. The first-order chi connectivity index (χ1) is 13.7. The summed E-state index contributed by atoms with van der Waals surface area (Å²) in [4.78, 5) is 9.40. The van der Waals surface area contributed by atoms with E-state index in [0.29, 0.717) is 0 Å². The fraction of sp³-hybridized carbons (Fsp3) is 0.0769. The summed E-state index contributed by atoms with van der Waals surface area (Å²) in [5, 5.41) is 4.81. The number of fused-ring (bicyclic) bond motifs is 2. The van der Waals surface area contributed by atoms with Gasteiger partial charge in [0, 0.05) is 28.5 Å². The van der Waals surface area contributed by atoms with E-state index in [2.05, 4.69) is 83.8 Å². The van der Waals surface area contributed by atoms with Crippen LogP contribution in [-0.4, -0.2) is 9.97 Å². The maximum atomic E-state index is 4.84. The van der Waals surface area contributed by atoms with Crippen LogP contribution in [0.2, 0.25) is 0 Å². The predicted molar refractivity (Wildman–Crippen MR) is 117 cm³/mol. The number of hydrogen-bond donors (Lipinski definition) is 0. The Labute approximate surface area is 164 Å². The van der Waals surface area contributed by atoms with Crippen LogP contribution >= 0.6 is 0 Å². The van der Waals surface area contributed by atoms with E-state index < -0.39 is 0 Å². The fourth-order valence-corrected chi connectivity index (χ4v) is 4.08. The van der Waals surface area contributed by atoms with Gasteiger partial charge in [-0.2, -0.15) is 0 Å². The molecule has 2 aromatic heterocycles. The quantitative estimate of drug-likeness (QED) is 0.349. The minimum atomic E-state index is 1.03. The van der Waals surface area contributed by atoms with Crippen LogP contribution in [0.1, 0.15) is 11.4 Å². The van der Waals surface area contributed by atoms with Crippen molar-refractivity contribution in [2.24, 2.45) is 0 Å². The van der Waals surface area contributed by atoms with Crippen LogP contribution in [0.15, 0.2) is 85.1 Å². The van der Waals surface area contributed by atoms with Crippen molar-refractivity contribution in [3.05, 3.63) is 96.4 Å². The third-order valence-electron chi connectivity index (χ3n) is 5.23. The number of rotatable bonds is 2. The molecule has 5 rings (SSSR count). The zero-order valence-electron chi connectivity index (χ0n) is 16.0. The minimum absolute atomic E-state index is 1.03. The molecule has 5 aromatic rings. The lowest BCUT2D eigenvalue weighted by Gasteiger charge is -2.16. The Morgan fingerprint density at radius 1 is 0.643 bits per heavy atom. The molecule has 0 saturated heterocycles. The lowest BCUT2D eigenvalue weighted by Crippen LogP contribution is -1.94. The van der Waals surface area contributed by atoms with E-state index in [-0.39, 0.29) is 0 Å². The number of hydrogen-bond acceptors (Lipinski definition) is 2. The molecule has 0 N–H and O–H groups in total. The third kappa shape index (κ3) is 2.74. The van der Waals surface area contributed by atoms with E-state index in [1.54, 1.807) is 0 Å². The van der Waals surface area contributed by atoms with Gasteiger partial charge in [0.25, 0.3) is 0 Å². The lowest BCUT2D eigenvalue weighted by atomic mass is 9.90. The van der Waals surface area contributed by atoms with Gasteiger partial charge in [-0.05, 0) is 59.3 Å². The lowest BCUT2D eigenvalue weighted by molar-refractivity contribution is 1.12. The molecular weight excluding hydrogens is 340 g/mol. The standard InChI is InChI=1S/C26H20N2/c1-17-15-21(16-18(2)28-17)23-12-11-19-7-3-5-9-22(19)25(23)26-24-10-6-4-8-20(24)13-14-27-26/h3-16H,1-2H3. The molecule has 0 unspecified atom stereocenters. The Kier molecular flexibility index (Phi) is 3.91. The molecule has 0 radical (unpaired) electrons. The van der Waals surface area contributed by atoms with Gasteiger partial charge in [0.1, 0.15) is 0 Å². The zero-order chi connectivity index (χ0) is 19.1. The van der Waals surface area contributed by atoms with Gasteiger partial charge in [-0.1, -0.05) is 60.7 Å². The van der Waals surface area contributed by atoms with Crippen molar-refractivity contribution >= 4 is 21.5 Å². The second-order valence-corrected chi connectivity index (χ2v) is 7.23. The van der Waals surface area contributed by atoms with E-state index in [1.165, 1.54) is 38.2 Å². The SMILES string of the molecule is Cc1cc(-c2ccc3ccccc3c2-c2nccc3ccccc23)cc(C)n1. The summed E-state index contributed by atoms with van der Waals surface area (Å²) in [6.45, 7) is 4.10. The van der Waals surface area contributed by atoms with Crippen molar-refractivity contribution in [2.75, 3.05) is 0 Å². The van der Waals surface area contributed by atoms with Crippen LogP contribution in [0.5, 0.6) is 0 Å². The second kappa shape index (κ2) is 6.58. The molecule has 28 heavy (non-hydrogen) atoms. The van der Waals surface area contributed by atoms with Crippen LogP contribution in [0, 0.1) is 13.8 Å². The highest BCUT2D eigenvalue weighted by Crippen LogP contribution is 2.40. The number of benzene rings is 3. The third-order valence-corrected chi connectivity index (χ3v) is 5.23. The molecule has 2 nitrogen and oxygen atoms in total. The Morgan fingerprint density at radius 2 is 1.29 bits per heavy atom. The number of pyridine rings is 2. The van der Waals surface area contributed by atoms with Crippen LogP contribution in [0.4, 0.5) is 0 Å². The summed E-state index contributed by atoms with van der Waals surface area (Å²) >= 11 is 0. The second-order valence-electron chi connectivity index (χ2n) is 7.23. The average molecular weight is 360 g/mol. The van der Waals surface area contributed by atoms with Crippen molar-refractivity contribution < 1.29 is 0 Å². The summed E-state index contributed by atoms with van der Waals surface area (Å²) < 4.78 is 0. The van der Waals surface area contributed by atoms with Crippen molar-refractivity contribution in [3.8, 4) is 22.4 Å². The molecule has 0 aliphatic rings. The summed E-state index contributed by atoms with van der Waals surface area (Å²) in [5.41, 5.74) is 6.63. The molecule has 0 fully saturated rings. The van der Waals surface area contributed by atoms with Gasteiger partial charge in [-0.15, -0.1) is 0 Å². The van der Waals surface area contributed by atoms with Crippen LogP contribution in [-0.2, 0) is 0 Å². The van der Waals surface area contributed by atoms with Crippen LogP contribution < -0.4 is 0 Å². The molecule has 0 amide bonds. The molecule has 0 saturated carbocycles. The summed E-state index contributed by atoms with van der Waals surface area (Å²) in [6, 6.07) is 27.8. The molecule has 0 atom stereocenters. The summed E-state index contributed by atoms with van der Waals surface area (Å²) in [5.74, 6) is 0. The normalized spacial score (nSPS) is 11.2. The molecule has 0 bridgehead atoms. The van der Waals surface area contributed by atoms with E-state index in [0.717, 1.165) is 17.1 Å². The predicted octanol–water partition coefficient (Wildman–Crippen LogP) is 6.73. The average Bonchev–Trinajstić information content (AvgIpc) is 2.72. The maximum Gasteiger partial charge on any atom is 0.0792 e. The molecule has 2 heteroatoms. The van der Waals surface area contributed by atoms with E-state index >= 15 is 0 Å².